The van der Waals surface area contributed by atoms with E-state index in [1.807, 2.05) is 0 Å². The van der Waals surface area contributed by atoms with Gasteiger partial charge in [-0.25, -0.2) is 26.9 Å². The smallest absolute Gasteiger partial charge is 0.244 e. The fourth-order valence-corrected chi connectivity index (χ4v) is 1.94. The molecule has 0 saturated heterocycles. The minimum absolute atomic E-state index is 0.0724. The third kappa shape index (κ3) is 3.87. The highest BCUT2D eigenvalue weighted by molar-refractivity contribution is 7.89. The van der Waals surface area contributed by atoms with Crippen molar-refractivity contribution >= 4 is 10.0 Å². The Bertz CT molecular complexity index is 580. The van der Waals surface area contributed by atoms with Gasteiger partial charge in [-0.2, -0.15) is 14.0 Å². The zero-order valence-corrected chi connectivity index (χ0v) is 9.96. The first-order chi connectivity index (χ1) is 8.69. The third-order valence-corrected chi connectivity index (χ3v) is 3.36. The Balaban J connectivity index is 2.85. The molecule has 5 nitrogen and oxygen atoms in total. The molecule has 1 N–H and O–H groups in total. The number of rotatable bonds is 5. The van der Waals surface area contributed by atoms with Crippen LogP contribution in [-0.4, -0.2) is 32.3 Å². The van der Waals surface area contributed by atoms with Crippen LogP contribution in [0.15, 0.2) is 23.2 Å². The van der Waals surface area contributed by atoms with Crippen LogP contribution in [0.3, 0.4) is 0 Å². The molecule has 0 aliphatic carbocycles. The van der Waals surface area contributed by atoms with Crippen molar-refractivity contribution in [2.45, 2.75) is 17.2 Å². The Labute approximate surface area is 105 Å². The van der Waals surface area contributed by atoms with Crippen LogP contribution in [-0.2, 0) is 10.0 Å². The second-order valence-electron chi connectivity index (χ2n) is 3.38. The van der Waals surface area contributed by atoms with Gasteiger partial charge in [0.25, 0.3) is 0 Å². The molecule has 1 heterocycles. The van der Waals surface area contributed by atoms with Crippen molar-refractivity contribution in [3.63, 3.8) is 0 Å². The van der Waals surface area contributed by atoms with E-state index < -0.39 is 33.8 Å². The summed E-state index contributed by atoms with van der Waals surface area (Å²) >= 11 is 0. The van der Waals surface area contributed by atoms with Gasteiger partial charge in [-0.1, -0.05) is 0 Å². The van der Waals surface area contributed by atoms with Crippen LogP contribution in [0.2, 0.25) is 0 Å². The largest absolute Gasteiger partial charge is 0.320 e. The van der Waals surface area contributed by atoms with Gasteiger partial charge in [0, 0.05) is 6.20 Å². The number of nitrogens with one attached hydrogen (secondary N) is 1. The van der Waals surface area contributed by atoms with Crippen LogP contribution in [0, 0.1) is 11.3 Å². The Morgan fingerprint density at radius 1 is 1.42 bits per heavy atom. The number of nitrogens with zero attached hydrogens (tertiary/aromatic N) is 2. The summed E-state index contributed by atoms with van der Waals surface area (Å²) in [6, 6.07) is 3.64. The van der Waals surface area contributed by atoms with Crippen molar-refractivity contribution in [2.24, 2.45) is 0 Å². The number of aromatic nitrogens is 1. The van der Waals surface area contributed by atoms with Gasteiger partial charge in [0.15, 0.2) is 0 Å². The molecule has 1 aromatic rings. The van der Waals surface area contributed by atoms with E-state index >= 15 is 0 Å². The maximum Gasteiger partial charge on any atom is 0.320 e. The molecule has 104 valence electrons. The lowest BCUT2D eigenvalue weighted by Crippen LogP contribution is -2.41. The summed E-state index contributed by atoms with van der Waals surface area (Å²) in [7, 11) is -4.39. The van der Waals surface area contributed by atoms with Gasteiger partial charge >= 0.3 is 12.3 Å². The summed E-state index contributed by atoms with van der Waals surface area (Å²) in [5.74, 6) is -4.47. The molecule has 19 heavy (non-hydrogen) atoms. The second-order valence-corrected chi connectivity index (χ2v) is 5.14. The zero-order chi connectivity index (χ0) is 14.7. The van der Waals surface area contributed by atoms with Crippen LogP contribution in [0.25, 0.3) is 0 Å². The Hall–Kier alpha value is -1.73. The molecule has 0 atom stereocenters. The predicted octanol–water partition coefficient (Wildman–Crippen LogP) is 1.13. The minimum Gasteiger partial charge on any atom is -0.244 e. The molecule has 0 bridgehead atoms. The van der Waals surface area contributed by atoms with Gasteiger partial charge in [-0.05, 0) is 12.1 Å². The molecule has 10 heteroatoms. The summed E-state index contributed by atoms with van der Waals surface area (Å²) in [4.78, 5) is 2.92. The molecule has 0 aromatic carbocycles. The van der Waals surface area contributed by atoms with Crippen LogP contribution >= 0.6 is 0 Å². The van der Waals surface area contributed by atoms with E-state index in [4.69, 9.17) is 5.26 Å². The van der Waals surface area contributed by atoms with E-state index in [1.165, 1.54) is 4.72 Å². The van der Waals surface area contributed by atoms with Gasteiger partial charge in [-0.3, -0.25) is 0 Å². The van der Waals surface area contributed by atoms with Crippen molar-refractivity contribution in [1.82, 2.24) is 9.71 Å². The third-order valence-electron chi connectivity index (χ3n) is 1.98. The molecule has 0 spiro atoms. The monoisotopic (exact) mass is 297 g/mol. The fraction of sp³-hybridized carbons (Fsp3) is 0.333. The average molecular weight is 297 g/mol. The lowest BCUT2D eigenvalue weighted by molar-refractivity contribution is -0.122. The van der Waals surface area contributed by atoms with Gasteiger partial charge in [0.1, 0.15) is 16.7 Å². The van der Waals surface area contributed by atoms with Crippen molar-refractivity contribution < 1.29 is 26.0 Å². The molecule has 0 saturated carbocycles. The predicted molar refractivity (Wildman–Crippen MR) is 55.1 cm³/mol. The van der Waals surface area contributed by atoms with Crippen molar-refractivity contribution in [3.05, 3.63) is 24.0 Å². The van der Waals surface area contributed by atoms with Crippen molar-refractivity contribution in [2.75, 3.05) is 6.54 Å². The first-order valence-electron chi connectivity index (χ1n) is 4.71. The van der Waals surface area contributed by atoms with Crippen molar-refractivity contribution in [3.8, 4) is 6.07 Å². The van der Waals surface area contributed by atoms with E-state index in [-0.39, 0.29) is 5.69 Å². The molecule has 0 aliphatic rings. The highest BCUT2D eigenvalue weighted by Gasteiger charge is 2.41. The van der Waals surface area contributed by atoms with Crippen LogP contribution < -0.4 is 4.72 Å². The number of hydrogen-bond acceptors (Lipinski definition) is 4. The van der Waals surface area contributed by atoms with Gasteiger partial charge in [0.2, 0.25) is 10.0 Å². The van der Waals surface area contributed by atoms with Gasteiger partial charge in [-0.15, -0.1) is 0 Å². The lowest BCUT2D eigenvalue weighted by atomic mass is 10.4. The van der Waals surface area contributed by atoms with E-state index in [1.54, 1.807) is 6.07 Å². The Morgan fingerprint density at radius 3 is 2.47 bits per heavy atom. The summed E-state index contributed by atoms with van der Waals surface area (Å²) in [6.07, 6.45) is -3.21. The van der Waals surface area contributed by atoms with Crippen molar-refractivity contribution in [1.29, 1.82) is 5.26 Å². The highest BCUT2D eigenvalue weighted by Crippen LogP contribution is 2.22. The van der Waals surface area contributed by atoms with Gasteiger partial charge < -0.3 is 0 Å². The van der Waals surface area contributed by atoms with E-state index in [0.717, 1.165) is 18.3 Å². The maximum absolute atomic E-state index is 12.6. The van der Waals surface area contributed by atoms with Gasteiger partial charge in [0.05, 0.1) is 6.54 Å². The molecule has 1 rings (SSSR count). The standard InChI is InChI=1S/C9H7F4N3O2S/c10-8(11)9(12,13)5-16-19(17,18)7-2-1-6(3-14)15-4-7/h1-2,4,8,16H,5H2. The normalized spacial score (nSPS) is 12.4. The van der Waals surface area contributed by atoms with E-state index in [0.29, 0.717) is 0 Å². The maximum atomic E-state index is 12.6. The number of pyridine rings is 1. The average Bonchev–Trinajstić information content (AvgIpc) is 2.36. The Kier molecular flexibility index (Phi) is 4.43. The topological polar surface area (TPSA) is 82.8 Å². The molecular formula is C9H7F4N3O2S. The first-order valence-corrected chi connectivity index (χ1v) is 6.19. The molecular weight excluding hydrogens is 290 g/mol. The van der Waals surface area contributed by atoms with E-state index in [9.17, 15) is 26.0 Å². The highest BCUT2D eigenvalue weighted by atomic mass is 32.2. The zero-order valence-electron chi connectivity index (χ0n) is 9.15. The first kappa shape index (κ1) is 15.3. The SMILES string of the molecule is N#Cc1ccc(S(=O)(=O)NCC(F)(F)C(F)F)cn1. The summed E-state index contributed by atoms with van der Waals surface area (Å²) in [5.41, 5.74) is -0.0724. The molecule has 0 aliphatic heterocycles. The quantitative estimate of drug-likeness (QED) is 0.826. The number of hydrogen-bond donors (Lipinski definition) is 1. The molecule has 0 fully saturated rings. The number of nitriles is 1. The summed E-state index contributed by atoms with van der Waals surface area (Å²) < 4.78 is 73.2. The fourth-order valence-electron chi connectivity index (χ4n) is 0.957. The summed E-state index contributed by atoms with van der Waals surface area (Å²) in [6.45, 7) is -1.73. The van der Waals surface area contributed by atoms with Crippen LogP contribution in [0.1, 0.15) is 5.69 Å². The lowest BCUT2D eigenvalue weighted by Gasteiger charge is -2.15. The molecule has 1 aromatic heterocycles. The Morgan fingerprint density at radius 2 is 2.05 bits per heavy atom. The van der Waals surface area contributed by atoms with Crippen LogP contribution in [0.5, 0.6) is 0 Å². The second kappa shape index (κ2) is 5.50. The van der Waals surface area contributed by atoms with E-state index in [2.05, 4.69) is 4.98 Å². The number of halogens is 4. The number of alkyl halides is 4. The number of sulfonamides is 1. The minimum atomic E-state index is -4.47. The summed E-state index contributed by atoms with van der Waals surface area (Å²) in [5, 5.41) is 8.44. The molecule has 0 amide bonds. The molecule has 0 radical (unpaired) electrons. The molecule has 0 unspecified atom stereocenters. The van der Waals surface area contributed by atoms with Crippen LogP contribution in [0.4, 0.5) is 17.6 Å².